The molecule has 2 aliphatic rings. The molecule has 2 aromatic carbocycles. The lowest BCUT2D eigenvalue weighted by molar-refractivity contribution is -0.139. The summed E-state index contributed by atoms with van der Waals surface area (Å²) in [5.41, 5.74) is 1.84. The van der Waals surface area contributed by atoms with Gasteiger partial charge in [-0.1, -0.05) is 12.1 Å². The van der Waals surface area contributed by atoms with Crippen LogP contribution in [0.3, 0.4) is 0 Å². The molecule has 1 N–H and O–H groups in total. The van der Waals surface area contributed by atoms with E-state index in [9.17, 15) is 23.2 Å². The zero-order chi connectivity index (χ0) is 27.2. The SMILES string of the molecule is CCOC(=O)C1=C(CN2CCCN(C(=O)c3ccc(F)cc3)CC2)N(CC)C(=O)NC1c1ccc(F)cc1. The van der Waals surface area contributed by atoms with E-state index in [-0.39, 0.29) is 18.5 Å². The molecule has 0 bridgehead atoms. The highest BCUT2D eigenvalue weighted by Crippen LogP contribution is 2.32. The Hall–Kier alpha value is -3.79. The monoisotopic (exact) mass is 526 g/mol. The second-order valence-corrected chi connectivity index (χ2v) is 9.19. The lowest BCUT2D eigenvalue weighted by atomic mass is 9.94. The average molecular weight is 527 g/mol. The van der Waals surface area contributed by atoms with E-state index in [4.69, 9.17) is 4.74 Å². The summed E-state index contributed by atoms with van der Waals surface area (Å²) in [6, 6.07) is 10.0. The van der Waals surface area contributed by atoms with E-state index >= 15 is 0 Å². The molecule has 0 aromatic heterocycles. The topological polar surface area (TPSA) is 82.2 Å². The third-order valence-electron chi connectivity index (χ3n) is 6.79. The van der Waals surface area contributed by atoms with Gasteiger partial charge in [-0.15, -0.1) is 0 Å². The number of esters is 1. The molecule has 8 nitrogen and oxygen atoms in total. The fourth-order valence-corrected chi connectivity index (χ4v) is 4.88. The Balaban J connectivity index is 1.61. The Bertz CT molecular complexity index is 1200. The van der Waals surface area contributed by atoms with Crippen LogP contribution in [0.25, 0.3) is 0 Å². The third kappa shape index (κ3) is 6.02. The van der Waals surface area contributed by atoms with Gasteiger partial charge in [0.2, 0.25) is 0 Å². The number of benzene rings is 2. The predicted octanol–water partition coefficient (Wildman–Crippen LogP) is 3.72. The van der Waals surface area contributed by atoms with Gasteiger partial charge in [0.05, 0.1) is 18.2 Å². The minimum Gasteiger partial charge on any atom is -0.463 e. The molecule has 1 fully saturated rings. The molecule has 0 saturated carbocycles. The van der Waals surface area contributed by atoms with Gasteiger partial charge in [-0.05, 0) is 62.2 Å². The quantitative estimate of drug-likeness (QED) is 0.557. The van der Waals surface area contributed by atoms with Crippen LogP contribution in [-0.2, 0) is 9.53 Å². The summed E-state index contributed by atoms with van der Waals surface area (Å²) < 4.78 is 32.3. The molecule has 4 rings (SSSR count). The summed E-state index contributed by atoms with van der Waals surface area (Å²) in [5.74, 6) is -1.53. The number of amides is 3. The van der Waals surface area contributed by atoms with E-state index in [2.05, 4.69) is 10.2 Å². The number of carbonyl (C=O) groups excluding carboxylic acids is 3. The summed E-state index contributed by atoms with van der Waals surface area (Å²) in [5, 5.41) is 2.87. The van der Waals surface area contributed by atoms with Crippen molar-refractivity contribution in [2.24, 2.45) is 0 Å². The van der Waals surface area contributed by atoms with E-state index in [1.54, 1.807) is 24.0 Å². The first-order valence-electron chi connectivity index (χ1n) is 12.8. The number of likely N-dealkylation sites (N-methyl/N-ethyl adjacent to an activating group) is 1. The van der Waals surface area contributed by atoms with Crippen molar-refractivity contribution < 1.29 is 27.9 Å². The average Bonchev–Trinajstić information content (AvgIpc) is 3.15. The Morgan fingerprint density at radius 2 is 1.61 bits per heavy atom. The zero-order valence-electron chi connectivity index (χ0n) is 21.6. The first kappa shape index (κ1) is 27.3. The van der Waals surface area contributed by atoms with Gasteiger partial charge in [-0.25, -0.2) is 18.4 Å². The van der Waals surface area contributed by atoms with Crippen LogP contribution < -0.4 is 5.32 Å². The summed E-state index contributed by atoms with van der Waals surface area (Å²) >= 11 is 0. The molecule has 38 heavy (non-hydrogen) atoms. The van der Waals surface area contributed by atoms with Gasteiger partial charge >= 0.3 is 12.0 Å². The highest BCUT2D eigenvalue weighted by molar-refractivity contribution is 5.95. The van der Waals surface area contributed by atoms with Crippen molar-refractivity contribution in [2.45, 2.75) is 26.3 Å². The number of halogens is 2. The van der Waals surface area contributed by atoms with E-state index in [0.29, 0.717) is 68.1 Å². The highest BCUT2D eigenvalue weighted by Gasteiger charge is 2.38. The summed E-state index contributed by atoms with van der Waals surface area (Å²) in [6.45, 7) is 6.48. The van der Waals surface area contributed by atoms with E-state index in [1.165, 1.54) is 41.3 Å². The molecular formula is C28H32F2N4O4. The zero-order valence-corrected chi connectivity index (χ0v) is 21.6. The summed E-state index contributed by atoms with van der Waals surface area (Å²) in [4.78, 5) is 44.7. The molecule has 0 radical (unpaired) electrons. The standard InChI is InChI=1S/C28H32F2N4O4/c1-3-34-23(18-32-14-5-15-33(17-16-32)26(35)20-8-12-22(30)13-9-20)24(27(36)38-4-2)25(31-28(34)37)19-6-10-21(29)11-7-19/h6-13,25H,3-5,14-18H2,1-2H3,(H,31,37). The molecular weight excluding hydrogens is 494 g/mol. The van der Waals surface area contributed by atoms with Crippen LogP contribution in [0.5, 0.6) is 0 Å². The van der Waals surface area contributed by atoms with Crippen molar-refractivity contribution in [1.82, 2.24) is 20.0 Å². The summed E-state index contributed by atoms with van der Waals surface area (Å²) in [6.07, 6.45) is 0.689. The van der Waals surface area contributed by atoms with Crippen molar-refractivity contribution in [2.75, 3.05) is 45.9 Å². The number of hydrogen-bond acceptors (Lipinski definition) is 5. The molecule has 0 aliphatic carbocycles. The largest absolute Gasteiger partial charge is 0.463 e. The Morgan fingerprint density at radius 1 is 0.947 bits per heavy atom. The van der Waals surface area contributed by atoms with Crippen LogP contribution in [0.1, 0.15) is 42.2 Å². The van der Waals surface area contributed by atoms with Crippen molar-refractivity contribution in [3.05, 3.63) is 82.6 Å². The predicted molar refractivity (Wildman–Crippen MR) is 137 cm³/mol. The molecule has 2 aromatic rings. The number of nitrogens with one attached hydrogen (secondary N) is 1. The van der Waals surface area contributed by atoms with Gasteiger partial charge in [0, 0.05) is 50.5 Å². The molecule has 0 spiro atoms. The second kappa shape index (κ2) is 12.2. The molecule has 3 amide bonds. The first-order valence-corrected chi connectivity index (χ1v) is 12.8. The Morgan fingerprint density at radius 3 is 2.24 bits per heavy atom. The number of rotatable bonds is 7. The molecule has 10 heteroatoms. The number of carbonyl (C=O) groups is 3. The maximum Gasteiger partial charge on any atom is 0.338 e. The van der Waals surface area contributed by atoms with Crippen LogP contribution in [-0.4, -0.2) is 78.5 Å². The van der Waals surface area contributed by atoms with Crippen LogP contribution in [0.15, 0.2) is 59.8 Å². The Labute approximate surface area is 220 Å². The lowest BCUT2D eigenvalue weighted by Gasteiger charge is -2.38. The molecule has 1 saturated heterocycles. The highest BCUT2D eigenvalue weighted by atomic mass is 19.1. The molecule has 202 valence electrons. The van der Waals surface area contributed by atoms with Gasteiger partial charge in [-0.2, -0.15) is 0 Å². The number of ether oxygens (including phenoxy) is 1. The van der Waals surface area contributed by atoms with Crippen molar-refractivity contribution in [3.63, 3.8) is 0 Å². The molecule has 2 aliphatic heterocycles. The van der Waals surface area contributed by atoms with Gasteiger partial charge in [-0.3, -0.25) is 14.6 Å². The van der Waals surface area contributed by atoms with E-state index in [0.717, 1.165) is 0 Å². The maximum absolute atomic E-state index is 13.6. The van der Waals surface area contributed by atoms with Crippen LogP contribution in [0.2, 0.25) is 0 Å². The van der Waals surface area contributed by atoms with Crippen molar-refractivity contribution in [1.29, 1.82) is 0 Å². The van der Waals surface area contributed by atoms with Crippen molar-refractivity contribution >= 4 is 17.9 Å². The van der Waals surface area contributed by atoms with Gasteiger partial charge in [0.15, 0.2) is 0 Å². The van der Waals surface area contributed by atoms with E-state index in [1.807, 2.05) is 6.92 Å². The van der Waals surface area contributed by atoms with Crippen LogP contribution >= 0.6 is 0 Å². The van der Waals surface area contributed by atoms with Crippen molar-refractivity contribution in [3.8, 4) is 0 Å². The number of hydrogen-bond donors (Lipinski definition) is 1. The second-order valence-electron chi connectivity index (χ2n) is 9.19. The fraction of sp³-hybridized carbons (Fsp3) is 0.393. The minimum absolute atomic E-state index is 0.163. The third-order valence-corrected chi connectivity index (χ3v) is 6.79. The molecule has 1 unspecified atom stereocenters. The maximum atomic E-state index is 13.6. The smallest absolute Gasteiger partial charge is 0.338 e. The molecule has 1 atom stereocenters. The minimum atomic E-state index is -0.788. The number of nitrogens with zero attached hydrogens (tertiary/aromatic N) is 3. The normalized spacial score (nSPS) is 18.7. The van der Waals surface area contributed by atoms with Gasteiger partial charge in [0.25, 0.3) is 5.91 Å². The van der Waals surface area contributed by atoms with Gasteiger partial charge in [0.1, 0.15) is 11.6 Å². The summed E-state index contributed by atoms with van der Waals surface area (Å²) in [7, 11) is 0. The first-order chi connectivity index (χ1) is 18.3. The fourth-order valence-electron chi connectivity index (χ4n) is 4.88. The number of urea groups is 1. The lowest BCUT2D eigenvalue weighted by Crippen LogP contribution is -2.51. The Kier molecular flexibility index (Phi) is 8.73. The van der Waals surface area contributed by atoms with Crippen LogP contribution in [0, 0.1) is 11.6 Å². The van der Waals surface area contributed by atoms with E-state index < -0.39 is 23.6 Å². The van der Waals surface area contributed by atoms with Gasteiger partial charge < -0.3 is 15.0 Å². The van der Waals surface area contributed by atoms with Crippen LogP contribution in [0.4, 0.5) is 13.6 Å². The molecule has 2 heterocycles.